The molecule has 1 N–H and O–H groups in total. The summed E-state index contributed by atoms with van der Waals surface area (Å²) in [6.45, 7) is 3.22. The Balaban J connectivity index is 1.51. The Hall–Kier alpha value is -2.19. The summed E-state index contributed by atoms with van der Waals surface area (Å²) in [6.07, 6.45) is 2.23. The summed E-state index contributed by atoms with van der Waals surface area (Å²) in [4.78, 5) is 21.3. The van der Waals surface area contributed by atoms with Crippen molar-refractivity contribution in [2.24, 2.45) is 0 Å². The van der Waals surface area contributed by atoms with E-state index >= 15 is 0 Å². The maximum absolute atomic E-state index is 12.1. The maximum Gasteiger partial charge on any atom is 0.230 e. The second kappa shape index (κ2) is 6.97. The van der Waals surface area contributed by atoms with Crippen molar-refractivity contribution in [3.63, 3.8) is 0 Å². The van der Waals surface area contributed by atoms with Crippen LogP contribution >= 0.6 is 11.8 Å². The van der Waals surface area contributed by atoms with Gasteiger partial charge < -0.3 is 10.1 Å². The van der Waals surface area contributed by atoms with Gasteiger partial charge >= 0.3 is 0 Å². The van der Waals surface area contributed by atoms with Crippen LogP contribution in [0.2, 0.25) is 0 Å². The summed E-state index contributed by atoms with van der Waals surface area (Å²) in [5.41, 5.74) is 1.62. The van der Waals surface area contributed by atoms with E-state index in [9.17, 15) is 4.79 Å². The van der Waals surface area contributed by atoms with Crippen LogP contribution in [0, 0.1) is 6.92 Å². The topological polar surface area (TPSA) is 81.4 Å². The zero-order valence-electron chi connectivity index (χ0n) is 13.9. The van der Waals surface area contributed by atoms with Gasteiger partial charge in [-0.25, -0.2) is 9.97 Å². The Kier molecular flexibility index (Phi) is 4.54. The Morgan fingerprint density at radius 1 is 1.40 bits per heavy atom. The number of carbonyl (C=O) groups is 1. The van der Waals surface area contributed by atoms with E-state index in [0.29, 0.717) is 17.5 Å². The van der Waals surface area contributed by atoms with Crippen molar-refractivity contribution in [1.82, 2.24) is 24.9 Å². The first-order chi connectivity index (χ1) is 12.2. The second-order valence-electron chi connectivity index (χ2n) is 6.03. The third-order valence-electron chi connectivity index (χ3n) is 4.14. The lowest BCUT2D eigenvalue weighted by molar-refractivity contribution is -0.119. The molecule has 2 aromatic heterocycles. The SMILES string of the molecule is Cc1nc2c3ccccc3nc(SCC(=O)NCC3CCCO3)n2n1. The number of carbonyl (C=O) groups excluding carboxylic acids is 1. The standard InChI is InChI=1S/C17H19N5O2S/c1-11-19-16-13-6-2-3-7-14(13)20-17(22(16)21-11)25-10-15(23)18-9-12-5-4-8-24-12/h2-3,6-7,12H,4-5,8-10H2,1H3,(H,18,23). The van der Waals surface area contributed by atoms with Crippen molar-refractivity contribution in [1.29, 1.82) is 0 Å². The molecule has 1 aliphatic rings. The molecular weight excluding hydrogens is 338 g/mol. The molecule has 1 amide bonds. The van der Waals surface area contributed by atoms with Crippen molar-refractivity contribution in [2.75, 3.05) is 18.9 Å². The van der Waals surface area contributed by atoms with E-state index in [-0.39, 0.29) is 17.8 Å². The van der Waals surface area contributed by atoms with E-state index in [1.807, 2.05) is 31.2 Å². The number of aryl methyl sites for hydroxylation is 1. The normalized spacial score (nSPS) is 17.4. The number of hydrogen-bond acceptors (Lipinski definition) is 6. The molecule has 8 heteroatoms. The zero-order valence-corrected chi connectivity index (χ0v) is 14.8. The van der Waals surface area contributed by atoms with Gasteiger partial charge in [0, 0.05) is 18.5 Å². The van der Waals surface area contributed by atoms with E-state index in [2.05, 4.69) is 20.4 Å². The largest absolute Gasteiger partial charge is 0.376 e. The van der Waals surface area contributed by atoms with Gasteiger partial charge in [0.1, 0.15) is 5.82 Å². The number of benzene rings is 1. The van der Waals surface area contributed by atoms with Gasteiger partial charge in [-0.15, -0.1) is 5.10 Å². The smallest absolute Gasteiger partial charge is 0.230 e. The van der Waals surface area contributed by atoms with Gasteiger partial charge in [-0.3, -0.25) is 4.79 Å². The average molecular weight is 357 g/mol. The maximum atomic E-state index is 12.1. The van der Waals surface area contributed by atoms with Crippen LogP contribution in [0.1, 0.15) is 18.7 Å². The highest BCUT2D eigenvalue weighted by Crippen LogP contribution is 2.23. The summed E-state index contributed by atoms with van der Waals surface area (Å²) in [6, 6.07) is 7.83. The number of para-hydroxylation sites is 1. The highest BCUT2D eigenvalue weighted by atomic mass is 32.2. The van der Waals surface area contributed by atoms with E-state index in [1.54, 1.807) is 4.52 Å². The molecule has 130 valence electrons. The zero-order chi connectivity index (χ0) is 17.2. The Morgan fingerprint density at radius 3 is 3.12 bits per heavy atom. The van der Waals surface area contributed by atoms with Crippen molar-refractivity contribution in [3.05, 3.63) is 30.1 Å². The number of fused-ring (bicyclic) bond motifs is 3. The van der Waals surface area contributed by atoms with Gasteiger partial charge in [0.2, 0.25) is 5.91 Å². The number of aromatic nitrogens is 4. The number of hydrogen-bond donors (Lipinski definition) is 1. The lowest BCUT2D eigenvalue weighted by Gasteiger charge is -2.10. The number of ether oxygens (including phenoxy) is 1. The van der Waals surface area contributed by atoms with E-state index < -0.39 is 0 Å². The molecule has 4 rings (SSSR count). The van der Waals surface area contributed by atoms with Crippen molar-refractivity contribution < 1.29 is 9.53 Å². The molecule has 1 aromatic carbocycles. The second-order valence-corrected chi connectivity index (χ2v) is 6.98. The number of amides is 1. The number of thioether (sulfide) groups is 1. The van der Waals surface area contributed by atoms with Crippen LogP contribution < -0.4 is 5.32 Å². The van der Waals surface area contributed by atoms with Gasteiger partial charge in [-0.1, -0.05) is 23.9 Å². The first kappa shape index (κ1) is 16.3. The lowest BCUT2D eigenvalue weighted by atomic mass is 10.2. The number of rotatable bonds is 5. The first-order valence-electron chi connectivity index (χ1n) is 8.34. The third-order valence-corrected chi connectivity index (χ3v) is 5.07. The molecule has 1 atom stereocenters. The highest BCUT2D eigenvalue weighted by Gasteiger charge is 2.17. The molecule has 0 bridgehead atoms. The van der Waals surface area contributed by atoms with Crippen LogP contribution in [0.4, 0.5) is 0 Å². The van der Waals surface area contributed by atoms with Crippen LogP contribution in [-0.4, -0.2) is 50.5 Å². The molecule has 3 heterocycles. The van der Waals surface area contributed by atoms with Crippen molar-refractivity contribution in [3.8, 4) is 0 Å². The Bertz CT molecular complexity index is 920. The van der Waals surface area contributed by atoms with Crippen LogP contribution in [0.5, 0.6) is 0 Å². The first-order valence-corrected chi connectivity index (χ1v) is 9.32. The molecule has 3 aromatic rings. The van der Waals surface area contributed by atoms with Crippen molar-refractivity contribution >= 4 is 34.2 Å². The fraction of sp³-hybridized carbons (Fsp3) is 0.412. The monoisotopic (exact) mass is 357 g/mol. The fourth-order valence-corrected chi connectivity index (χ4v) is 3.72. The summed E-state index contributed by atoms with van der Waals surface area (Å²) < 4.78 is 7.24. The minimum absolute atomic E-state index is 0.0274. The molecule has 0 spiro atoms. The third kappa shape index (κ3) is 3.45. The van der Waals surface area contributed by atoms with Crippen LogP contribution in [-0.2, 0) is 9.53 Å². The molecular formula is C17H19N5O2S. The molecule has 7 nitrogen and oxygen atoms in total. The van der Waals surface area contributed by atoms with Gasteiger partial charge in [0.25, 0.3) is 0 Å². The molecule has 0 aliphatic carbocycles. The van der Waals surface area contributed by atoms with E-state index in [1.165, 1.54) is 11.8 Å². The van der Waals surface area contributed by atoms with Gasteiger partial charge in [0.05, 0.1) is 17.4 Å². The van der Waals surface area contributed by atoms with Gasteiger partial charge in [-0.2, -0.15) is 4.52 Å². The summed E-state index contributed by atoms with van der Waals surface area (Å²) in [5, 5.41) is 8.97. The summed E-state index contributed by atoms with van der Waals surface area (Å²) in [7, 11) is 0. The van der Waals surface area contributed by atoms with E-state index in [4.69, 9.17) is 4.74 Å². The summed E-state index contributed by atoms with van der Waals surface area (Å²) in [5.74, 6) is 0.940. The van der Waals surface area contributed by atoms with E-state index in [0.717, 1.165) is 36.0 Å². The van der Waals surface area contributed by atoms with Gasteiger partial charge in [-0.05, 0) is 31.9 Å². The van der Waals surface area contributed by atoms with Crippen LogP contribution in [0.15, 0.2) is 29.4 Å². The minimum Gasteiger partial charge on any atom is -0.376 e. The lowest BCUT2D eigenvalue weighted by Crippen LogP contribution is -2.32. The molecule has 0 radical (unpaired) electrons. The molecule has 1 saturated heterocycles. The molecule has 1 fully saturated rings. The summed E-state index contributed by atoms with van der Waals surface area (Å²) >= 11 is 1.37. The molecule has 25 heavy (non-hydrogen) atoms. The predicted molar refractivity (Wildman–Crippen MR) is 95.7 cm³/mol. The fourth-order valence-electron chi connectivity index (χ4n) is 2.94. The molecule has 1 aliphatic heterocycles. The van der Waals surface area contributed by atoms with Crippen molar-refractivity contribution in [2.45, 2.75) is 31.0 Å². The molecule has 1 unspecified atom stereocenters. The predicted octanol–water partition coefficient (Wildman–Crippen LogP) is 1.97. The average Bonchev–Trinajstić information content (AvgIpc) is 3.27. The molecule has 0 saturated carbocycles. The minimum atomic E-state index is -0.0274. The Labute approximate surface area is 149 Å². The quantitative estimate of drug-likeness (QED) is 0.555. The highest BCUT2D eigenvalue weighted by molar-refractivity contribution is 7.99. The van der Waals surface area contributed by atoms with Crippen LogP contribution in [0.3, 0.4) is 0 Å². The van der Waals surface area contributed by atoms with Gasteiger partial charge in [0.15, 0.2) is 10.8 Å². The number of nitrogens with one attached hydrogen (secondary N) is 1. The van der Waals surface area contributed by atoms with Crippen LogP contribution in [0.25, 0.3) is 16.6 Å². The Morgan fingerprint density at radius 2 is 2.28 bits per heavy atom. The number of nitrogens with zero attached hydrogens (tertiary/aromatic N) is 4.